The summed E-state index contributed by atoms with van der Waals surface area (Å²) in [6.07, 6.45) is 10.3. The number of halogens is 1. The second-order valence-electron chi connectivity index (χ2n) is 8.13. The quantitative estimate of drug-likeness (QED) is 0.663. The zero-order valence-corrected chi connectivity index (χ0v) is 19.0. The van der Waals surface area contributed by atoms with Crippen molar-refractivity contribution in [2.24, 2.45) is 10.9 Å². The summed E-state index contributed by atoms with van der Waals surface area (Å²) in [7, 11) is 4.01. The normalized spacial score (nSPS) is 18.9. The molecule has 3 heterocycles. The van der Waals surface area contributed by atoms with E-state index in [1.807, 2.05) is 19.3 Å². The number of hydrogen-bond donors (Lipinski definition) is 1. The van der Waals surface area contributed by atoms with Crippen LogP contribution in [0.1, 0.15) is 49.8 Å². The predicted molar refractivity (Wildman–Crippen MR) is 122 cm³/mol. The summed E-state index contributed by atoms with van der Waals surface area (Å²) < 4.78 is 0.901. The lowest BCUT2D eigenvalue weighted by Crippen LogP contribution is -2.42. The van der Waals surface area contributed by atoms with Crippen molar-refractivity contribution < 1.29 is 0 Å². The molecule has 7 heteroatoms. The number of hydrogen-bond acceptors (Lipinski definition) is 6. The van der Waals surface area contributed by atoms with E-state index in [4.69, 9.17) is 9.97 Å². The van der Waals surface area contributed by atoms with Crippen molar-refractivity contribution in [2.45, 2.75) is 44.6 Å². The van der Waals surface area contributed by atoms with E-state index >= 15 is 0 Å². The topological polar surface area (TPSA) is 66.3 Å². The summed E-state index contributed by atoms with van der Waals surface area (Å²) in [6, 6.07) is 2.45. The Morgan fingerprint density at radius 2 is 2.00 bits per heavy atom. The lowest BCUT2D eigenvalue weighted by atomic mass is 9.93. The molecule has 6 nitrogen and oxygen atoms in total. The van der Waals surface area contributed by atoms with Gasteiger partial charge in [0.05, 0.1) is 5.69 Å². The third kappa shape index (κ3) is 4.36. The summed E-state index contributed by atoms with van der Waals surface area (Å²) in [5.74, 6) is 2.93. The van der Waals surface area contributed by atoms with Crippen molar-refractivity contribution in [3.05, 3.63) is 34.2 Å². The minimum atomic E-state index is 0.428. The number of anilines is 1. The highest BCUT2D eigenvalue weighted by atomic mass is 79.9. The van der Waals surface area contributed by atoms with Gasteiger partial charge in [0.25, 0.3) is 0 Å². The van der Waals surface area contributed by atoms with Gasteiger partial charge >= 0.3 is 0 Å². The van der Waals surface area contributed by atoms with Crippen molar-refractivity contribution >= 4 is 28.0 Å². The van der Waals surface area contributed by atoms with Gasteiger partial charge in [0.15, 0.2) is 5.82 Å². The highest BCUT2D eigenvalue weighted by molar-refractivity contribution is 9.10. The largest absolute Gasteiger partial charge is 0.356 e. The van der Waals surface area contributed by atoms with Gasteiger partial charge in [-0.25, -0.2) is 9.97 Å². The molecule has 1 saturated heterocycles. The van der Waals surface area contributed by atoms with Crippen LogP contribution in [0.4, 0.5) is 5.82 Å². The van der Waals surface area contributed by atoms with Crippen LogP contribution < -0.4 is 10.2 Å². The predicted octanol–water partition coefficient (Wildman–Crippen LogP) is 4.05. The molecule has 0 amide bonds. The molecule has 1 aliphatic carbocycles. The van der Waals surface area contributed by atoms with Crippen LogP contribution in [0.3, 0.4) is 0 Å². The highest BCUT2D eigenvalue weighted by Crippen LogP contribution is 2.46. The fraction of sp³-hybridized carbons (Fsp3) is 0.545. The average molecular weight is 457 g/mol. The Balaban J connectivity index is 1.87. The molecule has 0 spiro atoms. The van der Waals surface area contributed by atoms with Gasteiger partial charge in [0.2, 0.25) is 0 Å². The second-order valence-corrected chi connectivity index (χ2v) is 8.99. The van der Waals surface area contributed by atoms with Gasteiger partial charge in [0, 0.05) is 54.3 Å². The number of piperidine rings is 1. The molecule has 4 rings (SSSR count). The lowest BCUT2D eigenvalue weighted by molar-refractivity contribution is 0.440. The summed E-state index contributed by atoms with van der Waals surface area (Å²) in [5.41, 5.74) is 3.14. The van der Waals surface area contributed by atoms with Crippen LogP contribution in [-0.4, -0.2) is 54.4 Å². The van der Waals surface area contributed by atoms with E-state index in [0.29, 0.717) is 12.0 Å². The van der Waals surface area contributed by atoms with Crippen LogP contribution in [0.2, 0.25) is 0 Å². The molecule has 1 unspecified atom stereocenters. The molecule has 154 valence electrons. The first-order valence-electron chi connectivity index (χ1n) is 10.5. The Hall–Kier alpha value is -1.86. The number of aromatic nitrogens is 3. The Bertz CT molecular complexity index is 889. The molecular weight excluding hydrogens is 428 g/mol. The molecule has 2 aromatic rings. The van der Waals surface area contributed by atoms with Gasteiger partial charge in [-0.15, -0.1) is 0 Å². The molecule has 0 bridgehead atoms. The number of aliphatic imine (C=N–C) groups is 1. The number of nitrogens with zero attached hydrogens (tertiary/aromatic N) is 5. The molecule has 29 heavy (non-hydrogen) atoms. The molecule has 1 atom stereocenters. The van der Waals surface area contributed by atoms with E-state index in [2.05, 4.69) is 50.1 Å². The van der Waals surface area contributed by atoms with E-state index in [1.54, 1.807) is 12.4 Å². The van der Waals surface area contributed by atoms with E-state index in [1.165, 1.54) is 18.4 Å². The fourth-order valence-corrected chi connectivity index (χ4v) is 4.70. The summed E-state index contributed by atoms with van der Waals surface area (Å²) in [5, 5.41) is 3.47. The second kappa shape index (κ2) is 8.88. The van der Waals surface area contributed by atoms with Crippen LogP contribution >= 0.6 is 15.9 Å². The molecule has 1 aliphatic heterocycles. The molecule has 1 N–H and O–H groups in total. The maximum atomic E-state index is 5.13. The molecule has 1 saturated carbocycles. The minimum Gasteiger partial charge on any atom is -0.356 e. The smallest absolute Gasteiger partial charge is 0.163 e. The summed E-state index contributed by atoms with van der Waals surface area (Å²) in [6.45, 7) is 4.43. The van der Waals surface area contributed by atoms with Crippen LogP contribution in [0.25, 0.3) is 11.4 Å². The van der Waals surface area contributed by atoms with E-state index in [-0.39, 0.29) is 0 Å². The SMILES string of the molecule is CN=Cc1nc(-c2ccncc2Br)nc(N(C)C2CCNCC2)c1C(C)C1CC1. The maximum Gasteiger partial charge on any atom is 0.163 e. The Morgan fingerprint density at radius 1 is 1.24 bits per heavy atom. The van der Waals surface area contributed by atoms with E-state index < -0.39 is 0 Å². The Labute approximate surface area is 181 Å². The molecule has 0 radical (unpaired) electrons. The number of rotatable bonds is 6. The van der Waals surface area contributed by atoms with Crippen molar-refractivity contribution in [1.29, 1.82) is 0 Å². The Morgan fingerprint density at radius 3 is 2.66 bits per heavy atom. The van der Waals surface area contributed by atoms with Crippen LogP contribution in [0, 0.1) is 5.92 Å². The lowest BCUT2D eigenvalue weighted by Gasteiger charge is -2.35. The maximum absolute atomic E-state index is 5.13. The van der Waals surface area contributed by atoms with E-state index in [0.717, 1.165) is 59.2 Å². The van der Waals surface area contributed by atoms with Gasteiger partial charge in [-0.1, -0.05) is 6.92 Å². The monoisotopic (exact) mass is 456 g/mol. The van der Waals surface area contributed by atoms with Gasteiger partial charge in [-0.05, 0) is 72.6 Å². The molecular formula is C22H29BrN6. The van der Waals surface area contributed by atoms with Crippen molar-refractivity contribution in [3.8, 4) is 11.4 Å². The van der Waals surface area contributed by atoms with Crippen molar-refractivity contribution in [1.82, 2.24) is 20.3 Å². The van der Waals surface area contributed by atoms with E-state index in [9.17, 15) is 0 Å². The first-order valence-corrected chi connectivity index (χ1v) is 11.3. The summed E-state index contributed by atoms with van der Waals surface area (Å²) >= 11 is 3.62. The van der Waals surface area contributed by atoms with Crippen LogP contribution in [-0.2, 0) is 0 Å². The number of nitrogens with one attached hydrogen (secondary N) is 1. The standard InChI is InChI=1S/C22H29BrN6/c1-14(15-4-5-15)20-19(13-24-2)27-21(17-8-11-26-12-18(17)23)28-22(20)29(3)16-6-9-25-10-7-16/h8,11-16,25H,4-7,9-10H2,1-3H3. The fourth-order valence-electron chi connectivity index (χ4n) is 4.28. The van der Waals surface area contributed by atoms with Crippen molar-refractivity contribution in [3.63, 3.8) is 0 Å². The molecule has 2 fully saturated rings. The first kappa shape index (κ1) is 20.4. The van der Waals surface area contributed by atoms with Gasteiger partial charge in [-0.2, -0.15) is 0 Å². The zero-order chi connectivity index (χ0) is 20.4. The van der Waals surface area contributed by atoms with Crippen molar-refractivity contribution in [2.75, 3.05) is 32.1 Å². The third-order valence-corrected chi connectivity index (χ3v) is 6.83. The first-order chi connectivity index (χ1) is 14.1. The Kier molecular flexibility index (Phi) is 6.25. The summed E-state index contributed by atoms with van der Waals surface area (Å²) in [4.78, 5) is 21.0. The zero-order valence-electron chi connectivity index (χ0n) is 17.4. The van der Waals surface area contributed by atoms with Gasteiger partial charge in [-0.3, -0.25) is 9.98 Å². The number of pyridine rings is 1. The molecule has 0 aromatic carbocycles. The minimum absolute atomic E-state index is 0.428. The van der Waals surface area contributed by atoms with Gasteiger partial charge in [0.1, 0.15) is 5.82 Å². The highest BCUT2D eigenvalue weighted by Gasteiger charge is 2.35. The third-order valence-electron chi connectivity index (χ3n) is 6.19. The average Bonchev–Trinajstić information content (AvgIpc) is 3.59. The molecule has 2 aromatic heterocycles. The van der Waals surface area contributed by atoms with Gasteiger partial charge < -0.3 is 10.2 Å². The van der Waals surface area contributed by atoms with Crippen LogP contribution in [0.5, 0.6) is 0 Å². The molecule has 2 aliphatic rings. The van der Waals surface area contributed by atoms with Crippen LogP contribution in [0.15, 0.2) is 27.9 Å².